The van der Waals surface area contributed by atoms with Crippen LogP contribution in [-0.4, -0.2) is 23.1 Å². The smallest absolute Gasteiger partial charge is 0.258 e. The third-order valence-electron chi connectivity index (χ3n) is 3.54. The van der Waals surface area contributed by atoms with Gasteiger partial charge in [0.1, 0.15) is 17.0 Å². The third kappa shape index (κ3) is 3.32. The number of benzene rings is 2. The SMILES string of the molecule is O=C(c1ccc(F)cc1F)N1CCSC1c1ccc(Cl)cc1Cl. The third-order valence-corrected chi connectivity index (χ3v) is 5.35. The molecule has 1 heterocycles. The van der Waals surface area contributed by atoms with Crippen LogP contribution < -0.4 is 0 Å². The van der Waals surface area contributed by atoms with E-state index < -0.39 is 17.5 Å². The zero-order valence-corrected chi connectivity index (χ0v) is 14.1. The van der Waals surface area contributed by atoms with Crippen LogP contribution in [0.15, 0.2) is 36.4 Å². The standard InChI is InChI=1S/C16H11Cl2F2NOS/c17-9-1-3-11(13(18)7-9)16-21(5-6-23-16)15(22)12-4-2-10(19)8-14(12)20/h1-4,7-8,16H,5-6H2. The van der Waals surface area contributed by atoms with E-state index in [2.05, 4.69) is 0 Å². The Morgan fingerprint density at radius 1 is 1.17 bits per heavy atom. The van der Waals surface area contributed by atoms with Crippen molar-refractivity contribution in [1.29, 1.82) is 0 Å². The van der Waals surface area contributed by atoms with Crippen LogP contribution in [0.1, 0.15) is 21.3 Å². The number of rotatable bonds is 2. The van der Waals surface area contributed by atoms with E-state index >= 15 is 0 Å². The molecule has 0 saturated carbocycles. The van der Waals surface area contributed by atoms with E-state index in [0.29, 0.717) is 28.4 Å². The maximum atomic E-state index is 13.9. The molecule has 1 atom stereocenters. The molecule has 23 heavy (non-hydrogen) atoms. The summed E-state index contributed by atoms with van der Waals surface area (Å²) in [6.07, 6.45) is 0. The summed E-state index contributed by atoms with van der Waals surface area (Å²) in [6.45, 7) is 0.462. The maximum Gasteiger partial charge on any atom is 0.258 e. The summed E-state index contributed by atoms with van der Waals surface area (Å²) in [5.74, 6) is -1.36. The normalized spacial score (nSPS) is 17.6. The molecule has 1 saturated heterocycles. The average molecular weight is 374 g/mol. The van der Waals surface area contributed by atoms with Crippen LogP contribution in [0.5, 0.6) is 0 Å². The topological polar surface area (TPSA) is 20.3 Å². The van der Waals surface area contributed by atoms with Crippen molar-refractivity contribution in [3.05, 3.63) is 69.2 Å². The van der Waals surface area contributed by atoms with Gasteiger partial charge in [0.15, 0.2) is 0 Å². The van der Waals surface area contributed by atoms with Crippen LogP contribution in [-0.2, 0) is 0 Å². The predicted molar refractivity (Wildman–Crippen MR) is 89.1 cm³/mol. The first-order valence-corrected chi connectivity index (χ1v) is 8.60. The summed E-state index contributed by atoms with van der Waals surface area (Å²) in [7, 11) is 0. The maximum absolute atomic E-state index is 13.9. The quantitative estimate of drug-likeness (QED) is 0.724. The lowest BCUT2D eigenvalue weighted by molar-refractivity contribution is 0.0755. The molecule has 2 aromatic rings. The summed E-state index contributed by atoms with van der Waals surface area (Å²) in [6, 6.07) is 8.01. The van der Waals surface area contributed by atoms with E-state index in [1.165, 1.54) is 16.7 Å². The van der Waals surface area contributed by atoms with Crippen LogP contribution in [0.3, 0.4) is 0 Å². The Bertz CT molecular complexity index is 772. The highest BCUT2D eigenvalue weighted by atomic mass is 35.5. The van der Waals surface area contributed by atoms with E-state index in [1.54, 1.807) is 18.2 Å². The molecule has 0 spiro atoms. The van der Waals surface area contributed by atoms with Crippen molar-refractivity contribution in [2.24, 2.45) is 0 Å². The first-order chi connectivity index (χ1) is 11.0. The van der Waals surface area contributed by atoms with E-state index in [1.807, 2.05) is 0 Å². The first-order valence-electron chi connectivity index (χ1n) is 6.80. The second kappa shape index (κ2) is 6.67. The van der Waals surface area contributed by atoms with Crippen molar-refractivity contribution < 1.29 is 13.6 Å². The van der Waals surface area contributed by atoms with Crippen LogP contribution in [0.2, 0.25) is 10.0 Å². The van der Waals surface area contributed by atoms with Crippen molar-refractivity contribution in [1.82, 2.24) is 4.90 Å². The van der Waals surface area contributed by atoms with E-state index in [0.717, 1.165) is 17.7 Å². The van der Waals surface area contributed by atoms with Crippen LogP contribution >= 0.6 is 35.0 Å². The lowest BCUT2D eigenvalue weighted by atomic mass is 10.1. The molecule has 1 fully saturated rings. The van der Waals surface area contributed by atoms with Crippen molar-refractivity contribution in [2.75, 3.05) is 12.3 Å². The molecule has 1 aliphatic heterocycles. The highest BCUT2D eigenvalue weighted by Crippen LogP contribution is 2.42. The number of thioether (sulfide) groups is 1. The Hall–Kier alpha value is -1.30. The van der Waals surface area contributed by atoms with Crippen molar-refractivity contribution in [3.63, 3.8) is 0 Å². The van der Waals surface area contributed by atoms with Gasteiger partial charge in [-0.2, -0.15) is 0 Å². The van der Waals surface area contributed by atoms with Gasteiger partial charge in [0.05, 0.1) is 5.56 Å². The van der Waals surface area contributed by atoms with Gasteiger partial charge >= 0.3 is 0 Å². The molecule has 0 bridgehead atoms. The number of halogens is 4. The van der Waals surface area contributed by atoms with Gasteiger partial charge < -0.3 is 4.90 Å². The second-order valence-electron chi connectivity index (χ2n) is 5.01. The summed E-state index contributed by atoms with van der Waals surface area (Å²) in [5.41, 5.74) is 0.596. The van der Waals surface area contributed by atoms with Crippen molar-refractivity contribution in [2.45, 2.75) is 5.37 Å². The minimum atomic E-state index is -0.868. The number of amides is 1. The van der Waals surface area contributed by atoms with E-state index in [-0.39, 0.29) is 10.9 Å². The molecule has 7 heteroatoms. The summed E-state index contributed by atoms with van der Waals surface area (Å²) >= 11 is 13.7. The zero-order chi connectivity index (χ0) is 16.6. The summed E-state index contributed by atoms with van der Waals surface area (Å²) in [5, 5.41) is 0.634. The van der Waals surface area contributed by atoms with Gasteiger partial charge in [-0.15, -0.1) is 11.8 Å². The number of carbonyl (C=O) groups excluding carboxylic acids is 1. The molecule has 0 radical (unpaired) electrons. The van der Waals surface area contributed by atoms with Crippen LogP contribution in [0, 0.1) is 11.6 Å². The van der Waals surface area contributed by atoms with Gasteiger partial charge in [-0.1, -0.05) is 29.3 Å². The molecule has 0 aliphatic carbocycles. The molecule has 1 aliphatic rings. The van der Waals surface area contributed by atoms with Crippen molar-refractivity contribution in [3.8, 4) is 0 Å². The fourth-order valence-electron chi connectivity index (χ4n) is 2.46. The number of hydrogen-bond donors (Lipinski definition) is 0. The van der Waals surface area contributed by atoms with Crippen LogP contribution in [0.25, 0.3) is 0 Å². The fourth-order valence-corrected chi connectivity index (χ4v) is 4.32. The molecule has 0 aromatic heterocycles. The van der Waals surface area contributed by atoms with Gasteiger partial charge in [0.2, 0.25) is 0 Å². The van der Waals surface area contributed by atoms with Gasteiger partial charge in [-0.3, -0.25) is 4.79 Å². The lowest BCUT2D eigenvalue weighted by Gasteiger charge is -2.25. The highest BCUT2D eigenvalue weighted by Gasteiger charge is 2.33. The number of hydrogen-bond acceptors (Lipinski definition) is 2. The van der Waals surface area contributed by atoms with E-state index in [9.17, 15) is 13.6 Å². The summed E-state index contributed by atoms with van der Waals surface area (Å²) in [4.78, 5) is 14.2. The van der Waals surface area contributed by atoms with E-state index in [4.69, 9.17) is 23.2 Å². The van der Waals surface area contributed by atoms with Gasteiger partial charge in [-0.25, -0.2) is 8.78 Å². The zero-order valence-electron chi connectivity index (χ0n) is 11.7. The van der Waals surface area contributed by atoms with Crippen LogP contribution in [0.4, 0.5) is 8.78 Å². The molecule has 2 aromatic carbocycles. The lowest BCUT2D eigenvalue weighted by Crippen LogP contribution is -2.31. The Morgan fingerprint density at radius 2 is 1.96 bits per heavy atom. The fraction of sp³-hybridized carbons (Fsp3) is 0.188. The number of nitrogens with zero attached hydrogens (tertiary/aromatic N) is 1. The largest absolute Gasteiger partial charge is 0.322 e. The molecule has 0 N–H and O–H groups in total. The van der Waals surface area contributed by atoms with Gasteiger partial charge in [-0.05, 0) is 24.3 Å². The van der Waals surface area contributed by atoms with Gasteiger partial charge in [0.25, 0.3) is 5.91 Å². The average Bonchev–Trinajstić information content (AvgIpc) is 2.95. The number of carbonyl (C=O) groups is 1. The Balaban J connectivity index is 1.93. The molecule has 2 nitrogen and oxygen atoms in total. The van der Waals surface area contributed by atoms with Crippen molar-refractivity contribution >= 4 is 40.9 Å². The Morgan fingerprint density at radius 3 is 2.65 bits per heavy atom. The summed E-state index contributed by atoms with van der Waals surface area (Å²) < 4.78 is 26.9. The predicted octanol–water partition coefficient (Wildman–Crippen LogP) is 5.16. The highest BCUT2D eigenvalue weighted by molar-refractivity contribution is 7.99. The first kappa shape index (κ1) is 16.6. The molecule has 3 rings (SSSR count). The van der Waals surface area contributed by atoms with Gasteiger partial charge in [0, 0.05) is 34.0 Å². The molecular formula is C16H11Cl2F2NOS. The minimum absolute atomic E-state index is 0.149. The monoisotopic (exact) mass is 373 g/mol. The molecule has 120 valence electrons. The Labute approximate surface area is 146 Å². The molecule has 1 amide bonds. The minimum Gasteiger partial charge on any atom is -0.322 e. The Kier molecular flexibility index (Phi) is 4.80. The molecule has 1 unspecified atom stereocenters. The molecular weight excluding hydrogens is 363 g/mol. The second-order valence-corrected chi connectivity index (χ2v) is 7.04.